The van der Waals surface area contributed by atoms with Crippen molar-refractivity contribution in [3.63, 3.8) is 0 Å². The number of aliphatic carboxylic acids is 1. The van der Waals surface area contributed by atoms with Gasteiger partial charge in [0.15, 0.2) is 11.4 Å². The second-order valence-electron chi connectivity index (χ2n) is 8.70. The minimum absolute atomic E-state index is 0.0396. The molecule has 4 aliphatic carbocycles. The van der Waals surface area contributed by atoms with Crippen LogP contribution in [0.3, 0.4) is 0 Å². The van der Waals surface area contributed by atoms with E-state index in [-0.39, 0.29) is 17.1 Å². The molecular formula is C20H26O4. The maximum atomic E-state index is 11.8. The van der Waals surface area contributed by atoms with Gasteiger partial charge >= 0.3 is 5.97 Å². The lowest BCUT2D eigenvalue weighted by Crippen LogP contribution is -2.54. The number of fused-ring (bicyclic) bond motifs is 5. The summed E-state index contributed by atoms with van der Waals surface area (Å²) in [5, 5.41) is 20.5. The molecule has 0 saturated heterocycles. The SMILES string of the molecule is C[C@]12CCC(=O)C=C1CC[C@@H]1C2=CC[C@@]2(C)[C@H]1CCC2(O)C(=O)O. The fourth-order valence-corrected chi connectivity index (χ4v) is 6.22. The van der Waals surface area contributed by atoms with Crippen molar-refractivity contribution in [2.24, 2.45) is 22.7 Å². The summed E-state index contributed by atoms with van der Waals surface area (Å²) in [7, 11) is 0. The fourth-order valence-electron chi connectivity index (χ4n) is 6.22. The molecule has 0 aromatic rings. The average Bonchev–Trinajstić information content (AvgIpc) is 2.81. The first-order valence-corrected chi connectivity index (χ1v) is 9.12. The summed E-state index contributed by atoms with van der Waals surface area (Å²) < 4.78 is 0. The van der Waals surface area contributed by atoms with E-state index in [4.69, 9.17) is 0 Å². The van der Waals surface area contributed by atoms with Gasteiger partial charge in [-0.1, -0.05) is 31.1 Å². The summed E-state index contributed by atoms with van der Waals surface area (Å²) in [6, 6.07) is 0. The Morgan fingerprint density at radius 3 is 2.67 bits per heavy atom. The van der Waals surface area contributed by atoms with E-state index in [9.17, 15) is 19.8 Å². The molecule has 0 heterocycles. The molecule has 4 nitrogen and oxygen atoms in total. The van der Waals surface area contributed by atoms with Crippen molar-refractivity contribution in [2.75, 3.05) is 0 Å². The van der Waals surface area contributed by atoms with Crippen LogP contribution in [0, 0.1) is 22.7 Å². The van der Waals surface area contributed by atoms with Crippen LogP contribution in [0.4, 0.5) is 0 Å². The normalized spacial score (nSPS) is 47.2. The molecule has 0 aliphatic heterocycles. The van der Waals surface area contributed by atoms with E-state index in [1.807, 2.05) is 13.0 Å². The molecule has 0 aromatic heterocycles. The molecule has 0 aromatic carbocycles. The van der Waals surface area contributed by atoms with Gasteiger partial charge in [-0.15, -0.1) is 0 Å². The van der Waals surface area contributed by atoms with Gasteiger partial charge in [0.25, 0.3) is 0 Å². The fraction of sp³-hybridized carbons (Fsp3) is 0.700. The molecule has 0 amide bonds. The van der Waals surface area contributed by atoms with Gasteiger partial charge in [-0.2, -0.15) is 0 Å². The summed E-state index contributed by atoms with van der Waals surface area (Å²) in [6.07, 6.45) is 9.16. The van der Waals surface area contributed by atoms with Gasteiger partial charge in [0.2, 0.25) is 0 Å². The second kappa shape index (κ2) is 4.81. The molecule has 1 unspecified atom stereocenters. The maximum Gasteiger partial charge on any atom is 0.336 e. The number of hydrogen-bond donors (Lipinski definition) is 2. The van der Waals surface area contributed by atoms with Gasteiger partial charge in [-0.3, -0.25) is 4.79 Å². The maximum absolute atomic E-state index is 11.8. The molecule has 0 spiro atoms. The predicted molar refractivity (Wildman–Crippen MR) is 89.3 cm³/mol. The standard InChI is InChI=1S/C20H26O4/c1-18-8-5-13(21)11-12(18)3-4-14-15(18)6-9-19(2)16(14)7-10-20(19,24)17(22)23/h6,11,14,16,24H,3-5,7-10H2,1-2H3,(H,22,23)/t14-,16+,18+,19+,20?/m1/s1. The lowest BCUT2D eigenvalue weighted by molar-refractivity contribution is -0.174. The average molecular weight is 330 g/mol. The van der Waals surface area contributed by atoms with Gasteiger partial charge in [-0.25, -0.2) is 4.79 Å². The van der Waals surface area contributed by atoms with E-state index in [0.717, 1.165) is 25.7 Å². The molecule has 4 rings (SSSR count). The van der Waals surface area contributed by atoms with Crippen LogP contribution in [0.2, 0.25) is 0 Å². The molecule has 130 valence electrons. The van der Waals surface area contributed by atoms with Crippen LogP contribution in [-0.2, 0) is 9.59 Å². The Kier molecular flexibility index (Phi) is 3.22. The molecule has 4 heteroatoms. The number of carbonyl (C=O) groups is 2. The Hall–Kier alpha value is -1.42. The van der Waals surface area contributed by atoms with Gasteiger partial charge < -0.3 is 10.2 Å². The highest BCUT2D eigenvalue weighted by molar-refractivity contribution is 5.92. The molecule has 2 fully saturated rings. The topological polar surface area (TPSA) is 74.6 Å². The van der Waals surface area contributed by atoms with Crippen LogP contribution in [0.25, 0.3) is 0 Å². The predicted octanol–water partition coefficient (Wildman–Crippen LogP) is 3.25. The number of carbonyl (C=O) groups excluding carboxylic acids is 1. The quantitative estimate of drug-likeness (QED) is 0.724. The Balaban J connectivity index is 1.77. The van der Waals surface area contributed by atoms with Crippen molar-refractivity contribution < 1.29 is 19.8 Å². The highest BCUT2D eigenvalue weighted by atomic mass is 16.4. The van der Waals surface area contributed by atoms with Crippen molar-refractivity contribution in [3.05, 3.63) is 23.3 Å². The molecule has 2 saturated carbocycles. The van der Waals surface area contributed by atoms with Crippen LogP contribution in [0.15, 0.2) is 23.3 Å². The molecule has 24 heavy (non-hydrogen) atoms. The molecule has 0 radical (unpaired) electrons. The van der Waals surface area contributed by atoms with Crippen molar-refractivity contribution in [2.45, 2.75) is 64.4 Å². The Morgan fingerprint density at radius 1 is 1.21 bits per heavy atom. The van der Waals surface area contributed by atoms with Gasteiger partial charge in [0.1, 0.15) is 0 Å². The summed E-state index contributed by atoms with van der Waals surface area (Å²) >= 11 is 0. The third kappa shape index (κ3) is 1.78. The van der Waals surface area contributed by atoms with Crippen LogP contribution >= 0.6 is 0 Å². The first-order chi connectivity index (χ1) is 11.2. The zero-order chi connectivity index (χ0) is 17.3. The van der Waals surface area contributed by atoms with Gasteiger partial charge in [0.05, 0.1) is 0 Å². The Labute approximate surface area is 142 Å². The smallest absolute Gasteiger partial charge is 0.336 e. The van der Waals surface area contributed by atoms with Crippen molar-refractivity contribution >= 4 is 11.8 Å². The minimum atomic E-state index is -1.61. The molecule has 5 atom stereocenters. The first-order valence-electron chi connectivity index (χ1n) is 9.12. The molecule has 4 aliphatic rings. The lowest BCUT2D eigenvalue weighted by Gasteiger charge is -2.54. The van der Waals surface area contributed by atoms with Crippen molar-refractivity contribution in [1.29, 1.82) is 0 Å². The van der Waals surface area contributed by atoms with E-state index >= 15 is 0 Å². The van der Waals surface area contributed by atoms with Gasteiger partial charge in [-0.05, 0) is 56.4 Å². The number of rotatable bonds is 1. The zero-order valence-corrected chi connectivity index (χ0v) is 14.5. The number of carboxylic acids is 1. The third-order valence-corrected chi connectivity index (χ3v) is 7.84. The van der Waals surface area contributed by atoms with Crippen LogP contribution in [0.1, 0.15) is 58.8 Å². The second-order valence-corrected chi connectivity index (χ2v) is 8.70. The highest BCUT2D eigenvalue weighted by Gasteiger charge is 2.64. The van der Waals surface area contributed by atoms with E-state index in [0.29, 0.717) is 25.2 Å². The number of ketones is 1. The van der Waals surface area contributed by atoms with Crippen molar-refractivity contribution in [3.8, 4) is 0 Å². The van der Waals surface area contributed by atoms with E-state index in [2.05, 4.69) is 13.0 Å². The van der Waals surface area contributed by atoms with Crippen molar-refractivity contribution in [1.82, 2.24) is 0 Å². The summed E-state index contributed by atoms with van der Waals surface area (Å²) in [4.78, 5) is 23.6. The third-order valence-electron chi connectivity index (χ3n) is 7.84. The molecule has 0 bridgehead atoms. The van der Waals surface area contributed by atoms with Crippen LogP contribution < -0.4 is 0 Å². The zero-order valence-electron chi connectivity index (χ0n) is 14.5. The highest BCUT2D eigenvalue weighted by Crippen LogP contribution is 2.65. The summed E-state index contributed by atoms with van der Waals surface area (Å²) in [5.74, 6) is -0.277. The monoisotopic (exact) mass is 330 g/mol. The van der Waals surface area contributed by atoms with Gasteiger partial charge in [0, 0.05) is 17.3 Å². The Morgan fingerprint density at radius 2 is 1.96 bits per heavy atom. The minimum Gasteiger partial charge on any atom is -0.479 e. The number of allylic oxidation sites excluding steroid dienone is 4. The summed E-state index contributed by atoms with van der Waals surface area (Å²) in [6.45, 7) is 4.22. The van der Waals surface area contributed by atoms with Crippen LogP contribution in [-0.4, -0.2) is 27.6 Å². The lowest BCUT2D eigenvalue weighted by atomic mass is 9.50. The molecule has 2 N–H and O–H groups in total. The first kappa shape index (κ1) is 16.1. The Bertz CT molecular complexity index is 690. The number of carboxylic acid groups (broad SMARTS) is 1. The van der Waals surface area contributed by atoms with E-state index in [1.165, 1.54) is 11.1 Å². The number of hydrogen-bond acceptors (Lipinski definition) is 3. The largest absolute Gasteiger partial charge is 0.479 e. The molecular weight excluding hydrogens is 304 g/mol. The summed E-state index contributed by atoms with van der Waals surface area (Å²) in [5.41, 5.74) is 0.428. The van der Waals surface area contributed by atoms with Crippen LogP contribution in [0.5, 0.6) is 0 Å². The van der Waals surface area contributed by atoms with E-state index in [1.54, 1.807) is 0 Å². The number of aliphatic hydroxyl groups is 1. The van der Waals surface area contributed by atoms with E-state index < -0.39 is 17.0 Å².